The predicted octanol–water partition coefficient (Wildman–Crippen LogP) is 2.31. The van der Waals surface area contributed by atoms with Gasteiger partial charge in [0.25, 0.3) is 0 Å². The van der Waals surface area contributed by atoms with Crippen molar-refractivity contribution in [3.8, 4) is 0 Å². The third-order valence-electron chi connectivity index (χ3n) is 3.61. The molecule has 6 nitrogen and oxygen atoms in total. The van der Waals surface area contributed by atoms with Crippen LogP contribution in [-0.2, 0) is 16.1 Å². The van der Waals surface area contributed by atoms with E-state index < -0.39 is 5.25 Å². The predicted molar refractivity (Wildman–Crippen MR) is 97.8 cm³/mol. The molecule has 1 aliphatic rings. The lowest BCUT2D eigenvalue weighted by Crippen LogP contribution is -2.31. The molecule has 0 radical (unpaired) electrons. The SMILES string of the molecule is C/C(=N/N=C1\NC(=O)[C@@H](CC(=O)NCc2ccccc2)S1)C(C)C. The van der Waals surface area contributed by atoms with Crippen molar-refractivity contribution in [2.75, 3.05) is 0 Å². The van der Waals surface area contributed by atoms with Crippen molar-refractivity contribution in [2.24, 2.45) is 16.1 Å². The van der Waals surface area contributed by atoms with Gasteiger partial charge in [-0.3, -0.25) is 9.59 Å². The van der Waals surface area contributed by atoms with Gasteiger partial charge in [0.05, 0.1) is 0 Å². The van der Waals surface area contributed by atoms with Gasteiger partial charge in [-0.25, -0.2) is 0 Å². The van der Waals surface area contributed by atoms with Crippen LogP contribution >= 0.6 is 11.8 Å². The van der Waals surface area contributed by atoms with Gasteiger partial charge < -0.3 is 10.6 Å². The van der Waals surface area contributed by atoms with E-state index in [1.165, 1.54) is 11.8 Å². The molecule has 1 aliphatic heterocycles. The van der Waals surface area contributed by atoms with Crippen LogP contribution < -0.4 is 10.6 Å². The topological polar surface area (TPSA) is 82.9 Å². The maximum absolute atomic E-state index is 12.0. The molecule has 0 unspecified atom stereocenters. The number of nitrogens with zero attached hydrogens (tertiary/aromatic N) is 2. The summed E-state index contributed by atoms with van der Waals surface area (Å²) in [6, 6.07) is 9.65. The average Bonchev–Trinajstić information content (AvgIpc) is 2.91. The summed E-state index contributed by atoms with van der Waals surface area (Å²) in [6.45, 7) is 6.40. The third kappa shape index (κ3) is 5.49. The molecule has 2 rings (SSSR count). The Bertz CT molecular complexity index is 656. The molecule has 24 heavy (non-hydrogen) atoms. The Labute approximate surface area is 146 Å². The monoisotopic (exact) mass is 346 g/mol. The average molecular weight is 346 g/mol. The van der Waals surface area contributed by atoms with Crippen molar-refractivity contribution >= 4 is 34.5 Å². The quantitative estimate of drug-likeness (QED) is 0.612. The van der Waals surface area contributed by atoms with Crippen LogP contribution in [0, 0.1) is 5.92 Å². The number of amides is 2. The van der Waals surface area contributed by atoms with Crippen LogP contribution in [0.3, 0.4) is 0 Å². The number of benzene rings is 1. The van der Waals surface area contributed by atoms with Crippen molar-refractivity contribution in [1.29, 1.82) is 0 Å². The van der Waals surface area contributed by atoms with Gasteiger partial charge in [-0.05, 0) is 18.4 Å². The lowest BCUT2D eigenvalue weighted by atomic mass is 10.1. The van der Waals surface area contributed by atoms with E-state index >= 15 is 0 Å². The zero-order chi connectivity index (χ0) is 17.5. The minimum absolute atomic E-state index is 0.120. The van der Waals surface area contributed by atoms with Crippen LogP contribution in [0.25, 0.3) is 0 Å². The van der Waals surface area contributed by atoms with Gasteiger partial charge in [-0.2, -0.15) is 5.10 Å². The molecule has 0 saturated carbocycles. The third-order valence-corrected chi connectivity index (χ3v) is 4.69. The first-order valence-corrected chi connectivity index (χ1v) is 8.74. The fourth-order valence-corrected chi connectivity index (χ4v) is 2.78. The van der Waals surface area contributed by atoms with Crippen LogP contribution in [0.1, 0.15) is 32.8 Å². The highest BCUT2D eigenvalue weighted by molar-refractivity contribution is 8.15. The lowest BCUT2D eigenvalue weighted by Gasteiger charge is -2.07. The smallest absolute Gasteiger partial charge is 0.240 e. The minimum atomic E-state index is -0.464. The summed E-state index contributed by atoms with van der Waals surface area (Å²) in [5.74, 6) is -0.0587. The highest BCUT2D eigenvalue weighted by Crippen LogP contribution is 2.22. The second-order valence-corrected chi connectivity index (χ2v) is 7.05. The summed E-state index contributed by atoms with van der Waals surface area (Å²) in [5.41, 5.74) is 1.91. The van der Waals surface area contributed by atoms with Gasteiger partial charge >= 0.3 is 0 Å². The largest absolute Gasteiger partial charge is 0.352 e. The fraction of sp³-hybridized carbons (Fsp3) is 0.412. The number of nitrogens with one attached hydrogen (secondary N) is 2. The van der Waals surface area contributed by atoms with E-state index in [4.69, 9.17) is 0 Å². The molecular formula is C17H22N4O2S. The number of amidine groups is 1. The van der Waals surface area contributed by atoms with Crippen molar-refractivity contribution in [3.05, 3.63) is 35.9 Å². The highest BCUT2D eigenvalue weighted by Gasteiger charge is 2.32. The molecule has 0 spiro atoms. The molecular weight excluding hydrogens is 324 g/mol. The zero-order valence-corrected chi connectivity index (χ0v) is 14.9. The molecule has 2 N–H and O–H groups in total. The summed E-state index contributed by atoms with van der Waals surface area (Å²) in [7, 11) is 0. The number of thioether (sulfide) groups is 1. The Hall–Kier alpha value is -2.15. The van der Waals surface area contributed by atoms with Gasteiger partial charge in [-0.15, -0.1) is 5.10 Å². The van der Waals surface area contributed by atoms with E-state index in [9.17, 15) is 9.59 Å². The minimum Gasteiger partial charge on any atom is -0.352 e. The van der Waals surface area contributed by atoms with E-state index in [0.717, 1.165) is 11.3 Å². The van der Waals surface area contributed by atoms with E-state index in [0.29, 0.717) is 17.6 Å². The Morgan fingerprint density at radius 1 is 1.33 bits per heavy atom. The van der Waals surface area contributed by atoms with Gasteiger partial charge in [0, 0.05) is 18.7 Å². The molecule has 128 valence electrons. The van der Waals surface area contributed by atoms with Crippen molar-refractivity contribution in [3.63, 3.8) is 0 Å². The number of hydrogen-bond acceptors (Lipinski definition) is 5. The molecule has 1 aromatic rings. The first-order chi connectivity index (χ1) is 11.5. The van der Waals surface area contributed by atoms with Crippen molar-refractivity contribution in [1.82, 2.24) is 10.6 Å². The molecule has 1 fully saturated rings. The standard InChI is InChI=1S/C17H22N4O2S/c1-11(2)12(3)20-21-17-19-16(23)14(24-17)9-15(22)18-10-13-7-5-4-6-8-13/h4-8,11,14H,9-10H2,1-3H3,(H,18,22)(H,19,21,23)/b20-12-/t14-/m1/s1. The summed E-state index contributed by atoms with van der Waals surface area (Å²) in [4.78, 5) is 23.9. The molecule has 1 atom stereocenters. The summed E-state index contributed by atoms with van der Waals surface area (Å²) in [5, 5.41) is 13.6. The van der Waals surface area contributed by atoms with Gasteiger partial charge in [0.1, 0.15) is 5.25 Å². The first-order valence-electron chi connectivity index (χ1n) is 7.86. The Morgan fingerprint density at radius 3 is 2.71 bits per heavy atom. The summed E-state index contributed by atoms with van der Waals surface area (Å²) < 4.78 is 0. The highest BCUT2D eigenvalue weighted by atomic mass is 32.2. The Morgan fingerprint density at radius 2 is 2.04 bits per heavy atom. The Kier molecular flexibility index (Phi) is 6.54. The second-order valence-electron chi connectivity index (χ2n) is 5.86. The maximum atomic E-state index is 12.0. The number of rotatable bonds is 6. The molecule has 7 heteroatoms. The van der Waals surface area contributed by atoms with E-state index in [1.807, 2.05) is 51.1 Å². The number of carbonyl (C=O) groups excluding carboxylic acids is 2. The molecule has 2 amide bonds. The van der Waals surface area contributed by atoms with Crippen LogP contribution in [-0.4, -0.2) is 27.9 Å². The van der Waals surface area contributed by atoms with Crippen molar-refractivity contribution in [2.45, 2.75) is 39.0 Å². The zero-order valence-electron chi connectivity index (χ0n) is 14.1. The summed E-state index contributed by atoms with van der Waals surface area (Å²) in [6.07, 6.45) is 0.120. The van der Waals surface area contributed by atoms with Crippen LogP contribution in [0.15, 0.2) is 40.5 Å². The molecule has 0 bridgehead atoms. The van der Waals surface area contributed by atoms with Crippen LogP contribution in [0.5, 0.6) is 0 Å². The molecule has 1 aromatic carbocycles. The Balaban J connectivity index is 1.84. The molecule has 1 saturated heterocycles. The fourth-order valence-electron chi connectivity index (χ4n) is 1.86. The van der Waals surface area contributed by atoms with Gasteiger partial charge in [-0.1, -0.05) is 55.9 Å². The van der Waals surface area contributed by atoms with Crippen LogP contribution in [0.4, 0.5) is 0 Å². The van der Waals surface area contributed by atoms with Gasteiger partial charge in [0.2, 0.25) is 11.8 Å². The summed E-state index contributed by atoms with van der Waals surface area (Å²) >= 11 is 1.24. The number of hydrogen-bond donors (Lipinski definition) is 2. The second kappa shape index (κ2) is 8.63. The molecule has 0 aliphatic carbocycles. The van der Waals surface area contributed by atoms with E-state index in [1.54, 1.807) is 0 Å². The molecule has 0 aromatic heterocycles. The maximum Gasteiger partial charge on any atom is 0.240 e. The van der Waals surface area contributed by atoms with Crippen molar-refractivity contribution < 1.29 is 9.59 Å². The van der Waals surface area contributed by atoms with E-state index in [-0.39, 0.29) is 18.2 Å². The lowest BCUT2D eigenvalue weighted by molar-refractivity contribution is -0.125. The van der Waals surface area contributed by atoms with Crippen LogP contribution in [0.2, 0.25) is 0 Å². The normalized spacial score (nSPS) is 19.7. The van der Waals surface area contributed by atoms with Gasteiger partial charge in [0.15, 0.2) is 5.17 Å². The number of carbonyl (C=O) groups is 2. The molecule has 1 heterocycles. The van der Waals surface area contributed by atoms with E-state index in [2.05, 4.69) is 20.8 Å². The first kappa shape index (κ1) is 18.2.